The first-order valence-corrected chi connectivity index (χ1v) is 9.32. The number of hydrogen-bond acceptors (Lipinski definition) is 5. The van der Waals surface area contributed by atoms with Crippen LogP contribution in [-0.2, 0) is 10.5 Å². The lowest BCUT2D eigenvalue weighted by Gasteiger charge is -2.13. The van der Waals surface area contributed by atoms with Gasteiger partial charge in [0, 0.05) is 24.3 Å². The van der Waals surface area contributed by atoms with Gasteiger partial charge in [-0.2, -0.15) is 0 Å². The van der Waals surface area contributed by atoms with Crippen molar-refractivity contribution in [1.29, 1.82) is 0 Å². The zero-order chi connectivity index (χ0) is 18.6. The highest BCUT2D eigenvalue weighted by Crippen LogP contribution is 2.28. The molecule has 0 aliphatic heterocycles. The van der Waals surface area contributed by atoms with Gasteiger partial charge in [-0.1, -0.05) is 25.6 Å². The number of methoxy groups -OCH3 is 1. The van der Waals surface area contributed by atoms with E-state index in [4.69, 9.17) is 14.9 Å². The van der Waals surface area contributed by atoms with E-state index in [1.807, 2.05) is 19.9 Å². The molecule has 1 atom stereocenters. The van der Waals surface area contributed by atoms with Gasteiger partial charge in [0.2, 0.25) is 0 Å². The lowest BCUT2D eigenvalue weighted by atomic mass is 9.95. The maximum Gasteiger partial charge on any atom is 0.336 e. The van der Waals surface area contributed by atoms with Gasteiger partial charge in [-0.25, -0.2) is 4.79 Å². The Morgan fingerprint density at radius 3 is 2.68 bits per heavy atom. The summed E-state index contributed by atoms with van der Waals surface area (Å²) in [5.74, 6) is 0.968. The van der Waals surface area contributed by atoms with Gasteiger partial charge in [-0.05, 0) is 48.6 Å². The van der Waals surface area contributed by atoms with E-state index in [1.165, 1.54) is 17.3 Å². The first-order chi connectivity index (χ1) is 11.8. The minimum absolute atomic E-state index is 0.00489. The molecule has 25 heavy (non-hydrogen) atoms. The molecular weight excluding hydrogens is 336 g/mol. The number of aryl methyl sites for hydroxylation is 1. The summed E-state index contributed by atoms with van der Waals surface area (Å²) in [6, 6.07) is 5.61. The smallest absolute Gasteiger partial charge is 0.336 e. The fourth-order valence-corrected chi connectivity index (χ4v) is 3.61. The Morgan fingerprint density at radius 2 is 2.04 bits per heavy atom. The van der Waals surface area contributed by atoms with E-state index >= 15 is 0 Å². The van der Waals surface area contributed by atoms with Gasteiger partial charge in [-0.15, -0.1) is 0 Å². The Labute approximate surface area is 152 Å². The fraction of sp³-hybridized carbons (Fsp3) is 0.474. The van der Waals surface area contributed by atoms with Crippen LogP contribution in [-0.4, -0.2) is 24.9 Å². The third kappa shape index (κ3) is 5.09. The van der Waals surface area contributed by atoms with E-state index in [9.17, 15) is 4.79 Å². The molecule has 136 valence electrons. The largest absolute Gasteiger partial charge is 0.423 e. The van der Waals surface area contributed by atoms with Crippen molar-refractivity contribution in [2.75, 3.05) is 13.7 Å². The Kier molecular flexibility index (Phi) is 6.67. The zero-order valence-electron chi connectivity index (χ0n) is 15.5. The molecule has 1 aromatic heterocycles. The van der Waals surface area contributed by atoms with Gasteiger partial charge < -0.3 is 14.9 Å². The SMILES string of the molecule is COC[C@@H](C)N=C(N)SCc1cc(=O)oc2cc(C)c(C(C)C)cc12. The first-order valence-electron chi connectivity index (χ1n) is 8.34. The molecule has 1 aromatic carbocycles. The van der Waals surface area contributed by atoms with Crippen LogP contribution < -0.4 is 11.4 Å². The van der Waals surface area contributed by atoms with E-state index in [2.05, 4.69) is 24.9 Å². The number of benzene rings is 1. The maximum atomic E-state index is 11.9. The van der Waals surface area contributed by atoms with Crippen molar-refractivity contribution >= 4 is 27.9 Å². The van der Waals surface area contributed by atoms with E-state index in [-0.39, 0.29) is 11.7 Å². The van der Waals surface area contributed by atoms with Gasteiger partial charge in [0.25, 0.3) is 0 Å². The molecule has 2 rings (SSSR count). The molecule has 6 heteroatoms. The number of rotatable bonds is 6. The second kappa shape index (κ2) is 8.54. The second-order valence-electron chi connectivity index (χ2n) is 6.51. The Hall–Kier alpha value is -1.79. The highest BCUT2D eigenvalue weighted by molar-refractivity contribution is 8.13. The minimum Gasteiger partial charge on any atom is -0.423 e. The van der Waals surface area contributed by atoms with Gasteiger partial charge in [0.1, 0.15) is 5.58 Å². The van der Waals surface area contributed by atoms with Crippen molar-refractivity contribution in [1.82, 2.24) is 0 Å². The average molecular weight is 362 g/mol. The molecule has 0 unspecified atom stereocenters. The summed E-state index contributed by atoms with van der Waals surface area (Å²) >= 11 is 1.42. The third-order valence-electron chi connectivity index (χ3n) is 3.97. The van der Waals surface area contributed by atoms with Crippen LogP contribution in [0.25, 0.3) is 11.0 Å². The number of fused-ring (bicyclic) bond motifs is 1. The number of hydrogen-bond donors (Lipinski definition) is 1. The molecule has 0 saturated carbocycles. The standard InChI is InChI=1S/C19H26N2O3S/c1-11(2)15-8-16-14(7-18(22)24-17(16)6-12(15)3)10-25-19(20)21-13(4)9-23-5/h6-8,11,13H,9-10H2,1-5H3,(H2,20,21)/t13-/m1/s1. The van der Waals surface area contributed by atoms with E-state index in [0.717, 1.165) is 16.5 Å². The van der Waals surface area contributed by atoms with Crippen molar-refractivity contribution in [2.45, 2.75) is 45.4 Å². The highest BCUT2D eigenvalue weighted by atomic mass is 32.2. The van der Waals surface area contributed by atoms with Crippen molar-refractivity contribution in [3.63, 3.8) is 0 Å². The van der Waals surface area contributed by atoms with Crippen molar-refractivity contribution in [2.24, 2.45) is 10.7 Å². The fourth-order valence-electron chi connectivity index (χ4n) is 2.82. The average Bonchev–Trinajstić information content (AvgIpc) is 2.51. The first kappa shape index (κ1) is 19.5. The summed E-state index contributed by atoms with van der Waals surface area (Å²) in [5, 5.41) is 1.45. The predicted molar refractivity (Wildman–Crippen MR) is 106 cm³/mol. The van der Waals surface area contributed by atoms with Crippen LogP contribution in [0.5, 0.6) is 0 Å². The minimum atomic E-state index is -0.344. The highest BCUT2D eigenvalue weighted by Gasteiger charge is 2.12. The molecule has 2 N–H and O–H groups in total. The number of amidine groups is 1. The van der Waals surface area contributed by atoms with Crippen LogP contribution in [0.3, 0.4) is 0 Å². The molecule has 0 aliphatic rings. The molecule has 0 amide bonds. The number of aliphatic imine (C=N–C) groups is 1. The number of nitrogens with two attached hydrogens (primary N) is 1. The van der Waals surface area contributed by atoms with Crippen molar-refractivity contribution in [3.8, 4) is 0 Å². The Morgan fingerprint density at radius 1 is 1.32 bits per heavy atom. The molecule has 5 nitrogen and oxygen atoms in total. The van der Waals surface area contributed by atoms with Crippen LogP contribution in [0.2, 0.25) is 0 Å². The summed E-state index contributed by atoms with van der Waals surface area (Å²) in [4.78, 5) is 16.3. The van der Waals surface area contributed by atoms with Gasteiger partial charge in [-0.3, -0.25) is 4.99 Å². The van der Waals surface area contributed by atoms with Crippen LogP contribution in [0.1, 0.15) is 43.4 Å². The molecular formula is C19H26N2O3S. The Bertz CT molecular complexity index is 827. The quantitative estimate of drug-likeness (QED) is 0.480. The van der Waals surface area contributed by atoms with E-state index in [0.29, 0.717) is 29.0 Å². The van der Waals surface area contributed by atoms with Gasteiger partial charge in [0.05, 0.1) is 12.6 Å². The number of nitrogens with zero attached hydrogens (tertiary/aromatic N) is 1. The predicted octanol–water partition coefficient (Wildman–Crippen LogP) is 3.81. The lowest BCUT2D eigenvalue weighted by Crippen LogP contribution is -2.15. The van der Waals surface area contributed by atoms with E-state index in [1.54, 1.807) is 13.2 Å². The topological polar surface area (TPSA) is 77.8 Å². The number of ether oxygens (including phenoxy) is 1. The zero-order valence-corrected chi connectivity index (χ0v) is 16.3. The van der Waals surface area contributed by atoms with E-state index < -0.39 is 0 Å². The molecule has 0 radical (unpaired) electrons. The normalized spacial score (nSPS) is 13.6. The summed E-state index contributed by atoms with van der Waals surface area (Å²) in [7, 11) is 1.64. The van der Waals surface area contributed by atoms with Crippen LogP contribution in [0.4, 0.5) is 0 Å². The molecule has 0 saturated heterocycles. The van der Waals surface area contributed by atoms with Gasteiger partial charge in [0.15, 0.2) is 5.17 Å². The summed E-state index contributed by atoms with van der Waals surface area (Å²) < 4.78 is 10.4. The lowest BCUT2D eigenvalue weighted by molar-refractivity contribution is 0.186. The second-order valence-corrected chi connectivity index (χ2v) is 7.51. The molecule has 0 fully saturated rings. The molecule has 0 spiro atoms. The molecule has 0 bridgehead atoms. The van der Waals surface area contributed by atoms with Crippen LogP contribution in [0, 0.1) is 6.92 Å². The molecule has 1 heterocycles. The van der Waals surface area contributed by atoms with Crippen molar-refractivity contribution in [3.05, 3.63) is 45.3 Å². The maximum absolute atomic E-state index is 11.9. The number of thioether (sulfide) groups is 1. The summed E-state index contributed by atoms with van der Waals surface area (Å²) in [5.41, 5.74) is 9.56. The molecule has 0 aliphatic carbocycles. The third-order valence-corrected chi connectivity index (χ3v) is 4.83. The summed E-state index contributed by atoms with van der Waals surface area (Å²) in [6.45, 7) is 8.82. The molecule has 2 aromatic rings. The van der Waals surface area contributed by atoms with Crippen LogP contribution in [0.15, 0.2) is 32.4 Å². The Balaban J connectivity index is 2.34. The van der Waals surface area contributed by atoms with Crippen LogP contribution >= 0.6 is 11.8 Å². The van der Waals surface area contributed by atoms with Crippen molar-refractivity contribution < 1.29 is 9.15 Å². The van der Waals surface area contributed by atoms with Gasteiger partial charge >= 0.3 is 5.63 Å². The summed E-state index contributed by atoms with van der Waals surface area (Å²) in [6.07, 6.45) is 0. The monoisotopic (exact) mass is 362 g/mol.